The number of hydrogen-bond donors (Lipinski definition) is 1. The fraction of sp³-hybridized carbons (Fsp3) is 0.143. The maximum absolute atomic E-state index is 10.8. The number of carbonyl (C=O) groups is 1. The summed E-state index contributed by atoms with van der Waals surface area (Å²) in [7, 11) is 0. The molecule has 0 saturated carbocycles. The van der Waals surface area contributed by atoms with Gasteiger partial charge >= 0.3 is 5.97 Å². The Bertz CT molecular complexity index is 731. The predicted octanol–water partition coefficient (Wildman–Crippen LogP) is 1.27. The topological polar surface area (TPSA) is 85.8 Å². The van der Waals surface area contributed by atoms with Gasteiger partial charge in [-0.15, -0.1) is 5.10 Å². The fourth-order valence-electron chi connectivity index (χ4n) is 1.99. The van der Waals surface area contributed by atoms with Gasteiger partial charge in [-0.05, 0) is 23.8 Å². The van der Waals surface area contributed by atoms with Crippen molar-refractivity contribution in [1.82, 2.24) is 24.8 Å². The lowest BCUT2D eigenvalue weighted by atomic mass is 10.1. The van der Waals surface area contributed by atoms with Gasteiger partial charge in [0.25, 0.3) is 0 Å². The predicted molar refractivity (Wildman–Crippen MR) is 73.9 cm³/mol. The second-order valence-electron chi connectivity index (χ2n) is 4.61. The number of hydrogen-bond acceptors (Lipinski definition) is 4. The standard InChI is InChI=1S/C14H13N5O2/c20-14(21)12-4-2-11(3-5-12)8-19-10-13(16-17-19)9-18-7-1-6-15-18/h1-7,10H,8-9H2,(H,20,21). The molecule has 0 aliphatic heterocycles. The Balaban J connectivity index is 1.67. The summed E-state index contributed by atoms with van der Waals surface area (Å²) in [5.74, 6) is -0.927. The third kappa shape index (κ3) is 3.14. The van der Waals surface area contributed by atoms with E-state index in [1.807, 2.05) is 18.5 Å². The van der Waals surface area contributed by atoms with Crippen LogP contribution in [0.4, 0.5) is 0 Å². The Labute approximate surface area is 120 Å². The number of carboxylic acid groups (broad SMARTS) is 1. The molecule has 21 heavy (non-hydrogen) atoms. The number of carboxylic acids is 1. The van der Waals surface area contributed by atoms with Crippen molar-refractivity contribution in [2.24, 2.45) is 0 Å². The molecule has 7 heteroatoms. The molecule has 3 rings (SSSR count). The lowest BCUT2D eigenvalue weighted by Gasteiger charge is -2.01. The highest BCUT2D eigenvalue weighted by atomic mass is 16.4. The summed E-state index contributed by atoms with van der Waals surface area (Å²) in [6.45, 7) is 1.12. The maximum Gasteiger partial charge on any atom is 0.335 e. The van der Waals surface area contributed by atoms with E-state index in [4.69, 9.17) is 5.11 Å². The van der Waals surface area contributed by atoms with Gasteiger partial charge in [0.05, 0.1) is 24.8 Å². The molecule has 0 saturated heterocycles. The lowest BCUT2D eigenvalue weighted by Crippen LogP contribution is -2.02. The summed E-state index contributed by atoms with van der Waals surface area (Å²) in [6.07, 6.45) is 5.44. The molecule has 1 aromatic carbocycles. The van der Waals surface area contributed by atoms with Crippen molar-refractivity contribution >= 4 is 5.97 Å². The smallest absolute Gasteiger partial charge is 0.335 e. The summed E-state index contributed by atoms with van der Waals surface area (Å²) in [5, 5.41) is 21.1. The number of benzene rings is 1. The highest BCUT2D eigenvalue weighted by Crippen LogP contribution is 2.07. The molecular weight excluding hydrogens is 270 g/mol. The third-order valence-electron chi connectivity index (χ3n) is 3.01. The Hall–Kier alpha value is -2.96. The first kappa shape index (κ1) is 13.0. The van der Waals surface area contributed by atoms with Crippen molar-refractivity contribution in [2.45, 2.75) is 13.1 Å². The molecule has 3 aromatic rings. The van der Waals surface area contributed by atoms with E-state index in [-0.39, 0.29) is 5.56 Å². The van der Waals surface area contributed by atoms with Crippen LogP contribution in [0.2, 0.25) is 0 Å². The molecule has 0 atom stereocenters. The molecule has 106 valence electrons. The van der Waals surface area contributed by atoms with E-state index in [2.05, 4.69) is 15.4 Å². The monoisotopic (exact) mass is 283 g/mol. The number of aromatic nitrogens is 5. The minimum Gasteiger partial charge on any atom is -0.478 e. The third-order valence-corrected chi connectivity index (χ3v) is 3.01. The molecule has 0 radical (unpaired) electrons. The van der Waals surface area contributed by atoms with Crippen molar-refractivity contribution < 1.29 is 9.90 Å². The van der Waals surface area contributed by atoms with Crippen molar-refractivity contribution in [3.8, 4) is 0 Å². The van der Waals surface area contributed by atoms with Gasteiger partial charge in [0.15, 0.2) is 0 Å². The molecule has 1 N–H and O–H groups in total. The number of aromatic carboxylic acids is 1. The Morgan fingerprint density at radius 2 is 1.95 bits per heavy atom. The van der Waals surface area contributed by atoms with Crippen molar-refractivity contribution in [1.29, 1.82) is 0 Å². The summed E-state index contributed by atoms with van der Waals surface area (Å²) in [6, 6.07) is 8.57. The first-order chi connectivity index (χ1) is 10.2. The summed E-state index contributed by atoms with van der Waals surface area (Å²) in [5.41, 5.74) is 2.06. The second kappa shape index (κ2) is 5.58. The van der Waals surface area contributed by atoms with E-state index >= 15 is 0 Å². The van der Waals surface area contributed by atoms with E-state index in [1.54, 1.807) is 39.8 Å². The average Bonchev–Trinajstić information content (AvgIpc) is 3.12. The maximum atomic E-state index is 10.8. The molecule has 0 unspecified atom stereocenters. The van der Waals surface area contributed by atoms with Gasteiger partial charge in [-0.3, -0.25) is 4.68 Å². The minimum absolute atomic E-state index is 0.275. The summed E-state index contributed by atoms with van der Waals surface area (Å²) >= 11 is 0. The van der Waals surface area contributed by atoms with Crippen LogP contribution in [0.5, 0.6) is 0 Å². The van der Waals surface area contributed by atoms with Crippen LogP contribution in [0.1, 0.15) is 21.6 Å². The van der Waals surface area contributed by atoms with Gasteiger partial charge in [-0.25, -0.2) is 9.48 Å². The lowest BCUT2D eigenvalue weighted by molar-refractivity contribution is 0.0697. The van der Waals surface area contributed by atoms with Crippen LogP contribution in [0, 0.1) is 0 Å². The zero-order chi connectivity index (χ0) is 14.7. The molecule has 0 bridgehead atoms. The number of rotatable bonds is 5. The average molecular weight is 283 g/mol. The van der Waals surface area contributed by atoms with Crippen LogP contribution in [-0.2, 0) is 13.1 Å². The molecular formula is C14H13N5O2. The van der Waals surface area contributed by atoms with Gasteiger partial charge in [-0.1, -0.05) is 17.3 Å². The Morgan fingerprint density at radius 1 is 1.14 bits per heavy atom. The molecule has 2 aromatic heterocycles. The van der Waals surface area contributed by atoms with Crippen LogP contribution in [0.3, 0.4) is 0 Å². The van der Waals surface area contributed by atoms with Crippen molar-refractivity contribution in [3.05, 3.63) is 65.7 Å². The van der Waals surface area contributed by atoms with Crippen LogP contribution < -0.4 is 0 Å². The zero-order valence-electron chi connectivity index (χ0n) is 11.1. The Kier molecular flexibility index (Phi) is 3.46. The molecule has 0 fully saturated rings. The van der Waals surface area contributed by atoms with Crippen LogP contribution >= 0.6 is 0 Å². The van der Waals surface area contributed by atoms with Gasteiger partial charge < -0.3 is 5.11 Å². The van der Waals surface area contributed by atoms with Gasteiger partial charge in [0.2, 0.25) is 0 Å². The molecule has 0 aliphatic carbocycles. The van der Waals surface area contributed by atoms with Crippen molar-refractivity contribution in [2.75, 3.05) is 0 Å². The molecule has 7 nitrogen and oxygen atoms in total. The van der Waals surface area contributed by atoms with Gasteiger partial charge in [-0.2, -0.15) is 5.10 Å². The SMILES string of the molecule is O=C(O)c1ccc(Cn2cc(Cn3cccn3)nn2)cc1. The van der Waals surface area contributed by atoms with E-state index in [1.165, 1.54) is 0 Å². The van der Waals surface area contributed by atoms with Crippen LogP contribution in [0.15, 0.2) is 48.9 Å². The quantitative estimate of drug-likeness (QED) is 0.762. The second-order valence-corrected chi connectivity index (χ2v) is 4.61. The first-order valence-electron chi connectivity index (χ1n) is 6.39. The van der Waals surface area contributed by atoms with E-state index in [0.29, 0.717) is 13.1 Å². The minimum atomic E-state index is -0.927. The summed E-state index contributed by atoms with van der Waals surface area (Å²) < 4.78 is 3.49. The first-order valence-corrected chi connectivity index (χ1v) is 6.39. The van der Waals surface area contributed by atoms with Gasteiger partial charge in [0.1, 0.15) is 5.69 Å². The van der Waals surface area contributed by atoms with E-state index in [0.717, 1.165) is 11.3 Å². The van der Waals surface area contributed by atoms with E-state index in [9.17, 15) is 4.79 Å². The largest absolute Gasteiger partial charge is 0.478 e. The highest BCUT2D eigenvalue weighted by molar-refractivity contribution is 5.87. The summed E-state index contributed by atoms with van der Waals surface area (Å²) in [4.78, 5) is 10.8. The van der Waals surface area contributed by atoms with Gasteiger partial charge in [0, 0.05) is 12.4 Å². The molecule has 2 heterocycles. The fourth-order valence-corrected chi connectivity index (χ4v) is 1.99. The molecule has 0 aliphatic rings. The zero-order valence-corrected chi connectivity index (χ0v) is 11.1. The van der Waals surface area contributed by atoms with Crippen LogP contribution in [-0.4, -0.2) is 35.9 Å². The van der Waals surface area contributed by atoms with E-state index < -0.39 is 5.97 Å². The van der Waals surface area contributed by atoms with Crippen molar-refractivity contribution in [3.63, 3.8) is 0 Å². The Morgan fingerprint density at radius 3 is 2.62 bits per heavy atom. The highest BCUT2D eigenvalue weighted by Gasteiger charge is 2.05. The van der Waals surface area contributed by atoms with Crippen LogP contribution in [0.25, 0.3) is 0 Å². The molecule has 0 amide bonds. The molecule has 0 spiro atoms. The number of nitrogens with zero attached hydrogens (tertiary/aromatic N) is 5. The normalized spacial score (nSPS) is 10.7.